The van der Waals surface area contributed by atoms with Crippen molar-refractivity contribution in [3.05, 3.63) is 94.0 Å². The normalized spacial score (nSPS) is 12.2. The number of carboxylic acids is 1. The van der Waals surface area contributed by atoms with Gasteiger partial charge in [0, 0.05) is 29.1 Å². The van der Waals surface area contributed by atoms with Gasteiger partial charge in [-0.25, -0.2) is 4.79 Å². The Labute approximate surface area is 188 Å². The first-order valence-corrected chi connectivity index (χ1v) is 10.4. The third-order valence-corrected chi connectivity index (χ3v) is 5.58. The van der Waals surface area contributed by atoms with Gasteiger partial charge in [0.2, 0.25) is 0 Å². The predicted molar refractivity (Wildman–Crippen MR) is 125 cm³/mol. The lowest BCUT2D eigenvalue weighted by Gasteiger charge is -2.19. The molecule has 3 heterocycles. The molecule has 0 fully saturated rings. The van der Waals surface area contributed by atoms with E-state index in [0.29, 0.717) is 33.6 Å². The van der Waals surface area contributed by atoms with E-state index in [4.69, 9.17) is 4.42 Å². The number of nitrogens with zero attached hydrogens (tertiary/aromatic N) is 3. The molecule has 164 valence electrons. The van der Waals surface area contributed by atoms with Crippen LogP contribution in [0.4, 0.5) is 5.69 Å². The number of hydrogen-bond donors (Lipinski definition) is 2. The molecule has 33 heavy (non-hydrogen) atoms. The quantitative estimate of drug-likeness (QED) is 0.408. The fourth-order valence-electron chi connectivity index (χ4n) is 3.98. The molecule has 3 aromatic heterocycles. The average Bonchev–Trinajstić information content (AvgIpc) is 3.27. The monoisotopic (exact) mass is 440 g/mol. The number of nitrogens with one attached hydrogen (secondary N) is 1. The molecule has 0 saturated carbocycles. The first-order chi connectivity index (χ1) is 15.9. The van der Waals surface area contributed by atoms with Crippen molar-refractivity contribution in [3.63, 3.8) is 0 Å². The van der Waals surface area contributed by atoms with Crippen molar-refractivity contribution < 1.29 is 14.3 Å². The molecule has 0 amide bonds. The molecule has 0 bridgehead atoms. The number of fused-ring (bicyclic) bond motifs is 2. The van der Waals surface area contributed by atoms with Crippen LogP contribution in [0.25, 0.3) is 27.9 Å². The highest BCUT2D eigenvalue weighted by molar-refractivity contribution is 5.94. The number of pyridine rings is 1. The number of carboxylic acid groups (broad SMARTS) is 1. The highest BCUT2D eigenvalue weighted by Crippen LogP contribution is 2.31. The second kappa shape index (κ2) is 7.90. The van der Waals surface area contributed by atoms with E-state index in [2.05, 4.69) is 15.5 Å². The molecule has 0 aliphatic rings. The Hall–Kier alpha value is -4.46. The molecule has 0 radical (unpaired) electrons. The largest absolute Gasteiger partial charge is 0.478 e. The molecule has 5 aromatic rings. The summed E-state index contributed by atoms with van der Waals surface area (Å²) in [5, 5.41) is 21.2. The van der Waals surface area contributed by atoms with Gasteiger partial charge in [-0.1, -0.05) is 18.2 Å². The van der Waals surface area contributed by atoms with E-state index in [1.165, 1.54) is 6.07 Å². The number of anilines is 1. The number of hydrogen-bond acceptors (Lipinski definition) is 6. The molecular weight excluding hydrogens is 420 g/mol. The Morgan fingerprint density at radius 3 is 2.79 bits per heavy atom. The Morgan fingerprint density at radius 1 is 1.15 bits per heavy atom. The fraction of sp³-hybridized carbons (Fsp3) is 0.120. The average molecular weight is 440 g/mol. The van der Waals surface area contributed by atoms with Gasteiger partial charge in [-0.15, -0.1) is 10.2 Å². The van der Waals surface area contributed by atoms with Crippen molar-refractivity contribution in [2.75, 3.05) is 5.32 Å². The number of carbonyl (C=O) groups is 1. The van der Waals surface area contributed by atoms with Crippen molar-refractivity contribution in [2.45, 2.75) is 19.9 Å². The third-order valence-electron chi connectivity index (χ3n) is 5.58. The van der Waals surface area contributed by atoms with Crippen molar-refractivity contribution in [2.24, 2.45) is 0 Å². The van der Waals surface area contributed by atoms with Gasteiger partial charge in [0.05, 0.1) is 17.0 Å². The molecule has 0 aliphatic heterocycles. The number of benzene rings is 2. The predicted octanol–water partition coefficient (Wildman–Crippen LogP) is 4.68. The minimum absolute atomic E-state index is 0.157. The van der Waals surface area contributed by atoms with Gasteiger partial charge < -0.3 is 14.8 Å². The minimum Gasteiger partial charge on any atom is -0.478 e. The van der Waals surface area contributed by atoms with Crippen LogP contribution in [0.15, 0.2) is 76.3 Å². The van der Waals surface area contributed by atoms with Gasteiger partial charge in [0.15, 0.2) is 11.1 Å². The van der Waals surface area contributed by atoms with E-state index in [1.54, 1.807) is 53.3 Å². The van der Waals surface area contributed by atoms with Crippen LogP contribution in [0, 0.1) is 6.92 Å². The van der Waals surface area contributed by atoms with Crippen LogP contribution in [0.5, 0.6) is 0 Å². The molecular formula is C25H20N4O4. The first kappa shape index (κ1) is 20.4. The molecule has 0 aliphatic carbocycles. The van der Waals surface area contributed by atoms with E-state index >= 15 is 0 Å². The van der Waals surface area contributed by atoms with E-state index in [-0.39, 0.29) is 17.0 Å². The maximum absolute atomic E-state index is 13.0. The smallest absolute Gasteiger partial charge is 0.337 e. The van der Waals surface area contributed by atoms with Crippen LogP contribution in [0.1, 0.15) is 34.5 Å². The summed E-state index contributed by atoms with van der Waals surface area (Å²) in [6.07, 6.45) is 3.40. The van der Waals surface area contributed by atoms with Crippen LogP contribution in [0.2, 0.25) is 0 Å². The molecule has 2 N–H and O–H groups in total. The van der Waals surface area contributed by atoms with Crippen molar-refractivity contribution >= 4 is 28.3 Å². The number of rotatable bonds is 5. The number of aryl methyl sites for hydroxylation is 1. The standard InChI is InChI=1S/C25H20N4O4/c1-14-9-18(15(2)27-20-6-4-3-5-17(20)25(31)32)24-19(10-14)21(30)12-22(33-24)16-7-8-29-13-26-28-23(29)11-16/h3-13,15,27H,1-2H3,(H,31,32). The molecule has 8 nitrogen and oxygen atoms in total. The van der Waals surface area contributed by atoms with Gasteiger partial charge >= 0.3 is 5.97 Å². The summed E-state index contributed by atoms with van der Waals surface area (Å²) in [5.41, 5.74) is 3.97. The Bertz CT molecular complexity index is 1590. The summed E-state index contributed by atoms with van der Waals surface area (Å²) in [7, 11) is 0. The van der Waals surface area contributed by atoms with Crippen LogP contribution >= 0.6 is 0 Å². The molecule has 1 unspecified atom stereocenters. The zero-order chi connectivity index (χ0) is 23.1. The van der Waals surface area contributed by atoms with Crippen molar-refractivity contribution in [1.82, 2.24) is 14.6 Å². The van der Waals surface area contributed by atoms with Crippen molar-refractivity contribution in [1.29, 1.82) is 0 Å². The second-order valence-corrected chi connectivity index (χ2v) is 7.93. The lowest BCUT2D eigenvalue weighted by atomic mass is 10.00. The van der Waals surface area contributed by atoms with Crippen LogP contribution in [-0.2, 0) is 0 Å². The first-order valence-electron chi connectivity index (χ1n) is 10.4. The maximum Gasteiger partial charge on any atom is 0.337 e. The zero-order valence-electron chi connectivity index (χ0n) is 17.9. The van der Waals surface area contributed by atoms with Crippen LogP contribution in [-0.4, -0.2) is 25.7 Å². The Balaban J connectivity index is 1.64. The summed E-state index contributed by atoms with van der Waals surface area (Å²) >= 11 is 0. The molecule has 8 heteroatoms. The summed E-state index contributed by atoms with van der Waals surface area (Å²) in [4.78, 5) is 24.6. The molecule has 0 spiro atoms. The molecule has 1 atom stereocenters. The van der Waals surface area contributed by atoms with Crippen LogP contribution in [0.3, 0.4) is 0 Å². The van der Waals surface area contributed by atoms with Gasteiger partial charge in [-0.3, -0.25) is 9.20 Å². The fourth-order valence-corrected chi connectivity index (χ4v) is 3.98. The lowest BCUT2D eigenvalue weighted by molar-refractivity contribution is 0.0698. The summed E-state index contributed by atoms with van der Waals surface area (Å²) in [5.74, 6) is -0.599. The van der Waals surface area contributed by atoms with Gasteiger partial charge in [0.1, 0.15) is 17.7 Å². The highest BCUT2D eigenvalue weighted by Gasteiger charge is 2.18. The number of aromatic nitrogens is 3. The highest BCUT2D eigenvalue weighted by atomic mass is 16.4. The van der Waals surface area contributed by atoms with Crippen LogP contribution < -0.4 is 10.7 Å². The lowest BCUT2D eigenvalue weighted by Crippen LogP contribution is -2.12. The second-order valence-electron chi connectivity index (χ2n) is 7.93. The van der Waals surface area contributed by atoms with Gasteiger partial charge in [-0.2, -0.15) is 0 Å². The Morgan fingerprint density at radius 2 is 1.97 bits per heavy atom. The van der Waals surface area contributed by atoms with E-state index in [9.17, 15) is 14.7 Å². The van der Waals surface area contributed by atoms with E-state index < -0.39 is 5.97 Å². The van der Waals surface area contributed by atoms with Gasteiger partial charge in [-0.05, 0) is 49.7 Å². The van der Waals surface area contributed by atoms with E-state index in [1.807, 2.05) is 26.0 Å². The minimum atomic E-state index is -1.02. The number of para-hydroxylation sites is 1. The third kappa shape index (κ3) is 3.71. The van der Waals surface area contributed by atoms with Crippen molar-refractivity contribution in [3.8, 4) is 11.3 Å². The molecule has 2 aromatic carbocycles. The maximum atomic E-state index is 13.0. The number of aromatic carboxylic acids is 1. The molecule has 5 rings (SSSR count). The van der Waals surface area contributed by atoms with Gasteiger partial charge in [0.25, 0.3) is 0 Å². The summed E-state index contributed by atoms with van der Waals surface area (Å²) in [6, 6.07) is 15.2. The summed E-state index contributed by atoms with van der Waals surface area (Å²) < 4.78 is 8.03. The SMILES string of the molecule is Cc1cc(C(C)Nc2ccccc2C(=O)O)c2oc(-c3ccn4cnnc4c3)cc(=O)c2c1. The zero-order valence-corrected chi connectivity index (χ0v) is 17.9. The summed E-state index contributed by atoms with van der Waals surface area (Å²) in [6.45, 7) is 3.81. The Kier molecular flexibility index (Phi) is 4.90. The van der Waals surface area contributed by atoms with E-state index in [0.717, 1.165) is 11.1 Å². The topological polar surface area (TPSA) is 110 Å². The molecule has 0 saturated heterocycles.